The van der Waals surface area contributed by atoms with Gasteiger partial charge < -0.3 is 15.1 Å². The molecule has 1 saturated heterocycles. The zero-order valence-corrected chi connectivity index (χ0v) is 6.96. The first-order valence-electron chi connectivity index (χ1n) is 3.81. The average Bonchev–Trinajstić information content (AvgIpc) is 2.39. The molecule has 5 heteroatoms. The monoisotopic (exact) mass is 176 g/mol. The molecule has 1 aliphatic heterocycles. The molecule has 4 nitrogen and oxygen atoms in total. The summed E-state index contributed by atoms with van der Waals surface area (Å²) in [7, 11) is -3.99. The van der Waals surface area contributed by atoms with Crippen LogP contribution in [0.3, 0.4) is 0 Å². The van der Waals surface area contributed by atoms with Crippen molar-refractivity contribution in [3.05, 3.63) is 0 Å². The molecule has 2 aliphatic rings. The number of nitrogens with one attached hydrogen (secondary N) is 1. The van der Waals surface area contributed by atoms with Gasteiger partial charge in [-0.25, -0.2) is 0 Å². The lowest BCUT2D eigenvalue weighted by molar-refractivity contribution is -0.331. The summed E-state index contributed by atoms with van der Waals surface area (Å²) in [6.07, 6.45) is -0.00991. The van der Waals surface area contributed by atoms with Gasteiger partial charge in [0.05, 0.1) is 6.16 Å². The number of rotatable bonds is 2. The highest BCUT2D eigenvalue weighted by Gasteiger charge is 2.54. The van der Waals surface area contributed by atoms with Crippen LogP contribution in [0.4, 0.5) is 0 Å². The highest BCUT2D eigenvalue weighted by molar-refractivity contribution is 7.55. The second-order valence-electron chi connectivity index (χ2n) is 3.47. The maximum absolute atomic E-state index is 10.5. The Morgan fingerprint density at radius 2 is 1.91 bits per heavy atom. The van der Waals surface area contributed by atoms with Crippen molar-refractivity contribution in [2.24, 2.45) is 17.8 Å². The lowest BCUT2D eigenvalue weighted by atomic mass is 10.3. The van der Waals surface area contributed by atoms with E-state index in [0.29, 0.717) is 11.8 Å². The van der Waals surface area contributed by atoms with Crippen molar-refractivity contribution < 1.29 is 14.7 Å². The Kier molecular flexibility index (Phi) is 1.71. The maximum Gasteiger partial charge on any atom is 0.0797 e. The summed E-state index contributed by atoms with van der Waals surface area (Å²) in [6, 6.07) is 0. The highest BCUT2D eigenvalue weighted by Crippen LogP contribution is 2.55. The molecule has 2 rings (SSSR count). The first kappa shape index (κ1) is 7.90. The van der Waals surface area contributed by atoms with Gasteiger partial charge in [-0.05, 0) is 24.9 Å². The normalized spacial score (nSPS) is 42.3. The standard InChI is InChI=1S/C6H12NO3P/c8-11(9,10)3-6-4-1-7-2-5(4)6/h4-7H,1-3H2,(H2,8,9,10)/p-1/t4-,5+,6?. The lowest BCUT2D eigenvalue weighted by Gasteiger charge is -2.28. The fourth-order valence-electron chi connectivity index (χ4n) is 2.08. The Labute approximate surface area is 65.8 Å². The van der Waals surface area contributed by atoms with Crippen LogP contribution in [0.5, 0.6) is 0 Å². The summed E-state index contributed by atoms with van der Waals surface area (Å²) < 4.78 is 0. The topological polar surface area (TPSA) is 78.4 Å². The molecule has 0 aromatic rings. The maximum atomic E-state index is 10.5. The van der Waals surface area contributed by atoms with Gasteiger partial charge in [0.2, 0.25) is 0 Å². The Balaban J connectivity index is 1.83. The van der Waals surface area contributed by atoms with Crippen molar-refractivity contribution in [2.75, 3.05) is 19.3 Å². The molecule has 11 heavy (non-hydrogen) atoms. The average molecular weight is 176 g/mol. The van der Waals surface area contributed by atoms with E-state index < -0.39 is 7.94 Å². The second-order valence-corrected chi connectivity index (χ2v) is 5.11. The van der Waals surface area contributed by atoms with Crippen molar-refractivity contribution in [3.8, 4) is 0 Å². The fourth-order valence-corrected chi connectivity index (χ4v) is 3.16. The highest BCUT2D eigenvalue weighted by atomic mass is 31.2. The van der Waals surface area contributed by atoms with Gasteiger partial charge in [-0.3, -0.25) is 4.89 Å². The minimum Gasteiger partial charge on any atom is -0.660 e. The second kappa shape index (κ2) is 2.38. The number of hydrogen-bond acceptors (Lipinski definition) is 4. The van der Waals surface area contributed by atoms with E-state index in [9.17, 15) is 9.79 Å². The third kappa shape index (κ3) is 1.55. The van der Waals surface area contributed by atoms with Gasteiger partial charge in [-0.2, -0.15) is 0 Å². The molecule has 1 saturated carbocycles. The van der Waals surface area contributed by atoms with E-state index in [1.807, 2.05) is 0 Å². The van der Waals surface area contributed by atoms with Crippen LogP contribution < -0.4 is 15.1 Å². The third-order valence-electron chi connectivity index (χ3n) is 2.71. The molecule has 1 aliphatic carbocycles. The predicted octanol–water partition coefficient (Wildman–Crippen LogP) is -2.07. The summed E-state index contributed by atoms with van der Waals surface area (Å²) >= 11 is 0. The van der Waals surface area contributed by atoms with E-state index in [0.717, 1.165) is 13.1 Å². The van der Waals surface area contributed by atoms with Crippen LogP contribution in [0, 0.1) is 17.8 Å². The molecule has 1 heterocycles. The molecular formula is C6H11NO3P-. The van der Waals surface area contributed by atoms with Gasteiger partial charge in [-0.1, -0.05) is 0 Å². The van der Waals surface area contributed by atoms with Crippen LogP contribution >= 0.6 is 7.94 Å². The van der Waals surface area contributed by atoms with Gasteiger partial charge in [0, 0.05) is 13.9 Å². The minimum absolute atomic E-state index is 0.00991. The van der Waals surface area contributed by atoms with E-state index in [2.05, 4.69) is 5.32 Å². The van der Waals surface area contributed by atoms with E-state index in [1.54, 1.807) is 0 Å². The molecule has 2 fully saturated rings. The van der Waals surface area contributed by atoms with Crippen LogP contribution in [0.15, 0.2) is 0 Å². The zero-order chi connectivity index (χ0) is 8.06. The molecule has 0 bridgehead atoms. The number of fused-ring (bicyclic) bond motifs is 1. The minimum atomic E-state index is -3.99. The van der Waals surface area contributed by atoms with E-state index in [-0.39, 0.29) is 12.1 Å². The number of hydrogen-bond donors (Lipinski definition) is 2. The Hall–Kier alpha value is 0.270. The third-order valence-corrected chi connectivity index (χ3v) is 3.59. The molecule has 0 spiro atoms. The quantitative estimate of drug-likeness (QED) is 0.474. The Morgan fingerprint density at radius 3 is 2.36 bits per heavy atom. The van der Waals surface area contributed by atoms with Crippen LogP contribution in [0.2, 0.25) is 0 Å². The predicted molar refractivity (Wildman–Crippen MR) is 37.3 cm³/mol. The Morgan fingerprint density at radius 1 is 1.36 bits per heavy atom. The lowest BCUT2D eigenvalue weighted by Crippen LogP contribution is -2.27. The number of piperidine rings is 1. The fraction of sp³-hybridized carbons (Fsp3) is 1.00. The Bertz CT molecular complexity index is 160. The summed E-state index contributed by atoms with van der Waals surface area (Å²) in [5.74, 6) is 1.28. The van der Waals surface area contributed by atoms with Crippen molar-refractivity contribution in [1.29, 1.82) is 0 Å². The van der Waals surface area contributed by atoms with Gasteiger partial charge in [0.1, 0.15) is 0 Å². The first-order chi connectivity index (χ1) is 5.08. The van der Waals surface area contributed by atoms with E-state index in [4.69, 9.17) is 4.89 Å². The molecule has 64 valence electrons. The molecule has 2 N–H and O–H groups in total. The van der Waals surface area contributed by atoms with Crippen LogP contribution in [0.1, 0.15) is 0 Å². The zero-order valence-electron chi connectivity index (χ0n) is 6.06. The summed E-state index contributed by atoms with van der Waals surface area (Å²) in [5, 5.41) is 3.16. The summed E-state index contributed by atoms with van der Waals surface area (Å²) in [5.41, 5.74) is 0. The summed E-state index contributed by atoms with van der Waals surface area (Å²) in [4.78, 5) is 29.5. The molecule has 3 atom stereocenters. The molecular weight excluding hydrogens is 165 g/mol. The molecule has 0 amide bonds. The van der Waals surface area contributed by atoms with Crippen LogP contribution in [0.25, 0.3) is 0 Å². The van der Waals surface area contributed by atoms with Gasteiger partial charge in [-0.15, -0.1) is 0 Å². The molecule has 0 aromatic heterocycles. The smallest absolute Gasteiger partial charge is 0.0797 e. The SMILES string of the molecule is [O-][P+]([O-])(O)CC1[C@H]2CNC[C@@H]12. The molecule has 0 aromatic carbocycles. The van der Waals surface area contributed by atoms with E-state index >= 15 is 0 Å². The van der Waals surface area contributed by atoms with Crippen LogP contribution in [-0.4, -0.2) is 24.1 Å². The molecule has 0 radical (unpaired) electrons. The molecule has 1 unspecified atom stereocenters. The van der Waals surface area contributed by atoms with Gasteiger partial charge in [0.15, 0.2) is 0 Å². The van der Waals surface area contributed by atoms with Crippen LogP contribution in [-0.2, 0) is 0 Å². The van der Waals surface area contributed by atoms with Crippen molar-refractivity contribution in [3.63, 3.8) is 0 Å². The summed E-state index contributed by atoms with van der Waals surface area (Å²) in [6.45, 7) is 1.85. The van der Waals surface area contributed by atoms with Gasteiger partial charge >= 0.3 is 0 Å². The van der Waals surface area contributed by atoms with Crippen molar-refractivity contribution >= 4 is 7.94 Å². The van der Waals surface area contributed by atoms with Crippen molar-refractivity contribution in [1.82, 2.24) is 5.32 Å². The van der Waals surface area contributed by atoms with Gasteiger partial charge in [0.25, 0.3) is 0 Å². The van der Waals surface area contributed by atoms with E-state index in [1.165, 1.54) is 0 Å². The van der Waals surface area contributed by atoms with Crippen molar-refractivity contribution in [2.45, 2.75) is 0 Å². The largest absolute Gasteiger partial charge is 0.660 e. The first-order valence-corrected chi connectivity index (χ1v) is 5.58.